The summed E-state index contributed by atoms with van der Waals surface area (Å²) in [5.41, 5.74) is 0. The van der Waals surface area contributed by atoms with Crippen LogP contribution in [0.1, 0.15) is 65.7 Å². The highest BCUT2D eigenvalue weighted by molar-refractivity contribution is 4.59. The van der Waals surface area contributed by atoms with E-state index < -0.39 is 0 Å². The number of hydrogen-bond donors (Lipinski definition) is 0. The zero-order valence-corrected chi connectivity index (χ0v) is 9.81. The molecule has 0 bridgehead atoms. The molecule has 0 aromatic carbocycles. The summed E-state index contributed by atoms with van der Waals surface area (Å²) in [4.78, 5) is 0. The third-order valence-corrected chi connectivity index (χ3v) is 3.08. The Morgan fingerprint density at radius 2 is 1.54 bits per heavy atom. The quantitative estimate of drug-likeness (QED) is 0.472. The Bertz CT molecular complexity index is 84.2. The smallest absolute Gasteiger partial charge is 0.0417 e. The van der Waals surface area contributed by atoms with Gasteiger partial charge in [-0.2, -0.15) is 0 Å². The first-order valence-electron chi connectivity index (χ1n) is 6.03. The van der Waals surface area contributed by atoms with E-state index >= 15 is 0 Å². The second kappa shape index (κ2) is 8.59. The van der Waals surface area contributed by atoms with Crippen LogP contribution < -0.4 is 0 Å². The summed E-state index contributed by atoms with van der Waals surface area (Å²) in [7, 11) is 0. The van der Waals surface area contributed by atoms with Crippen LogP contribution in [0.4, 0.5) is 0 Å². The largest absolute Gasteiger partial charge is 0.0651 e. The summed E-state index contributed by atoms with van der Waals surface area (Å²) in [6.45, 7) is 11.0. The van der Waals surface area contributed by atoms with E-state index in [9.17, 15) is 0 Å². The van der Waals surface area contributed by atoms with Crippen LogP contribution in [-0.4, -0.2) is 0 Å². The molecule has 0 spiro atoms. The van der Waals surface area contributed by atoms with Gasteiger partial charge in [-0.05, 0) is 11.8 Å². The first kappa shape index (κ1) is 13.0. The molecule has 0 rings (SSSR count). The molecule has 0 aliphatic rings. The standard InChI is InChI=1S/C13H27/c1-5-12(3)10-8-7-9-11-13(4)6-2/h12-13H,3,5-11H2,1-2,4H3. The van der Waals surface area contributed by atoms with Crippen molar-refractivity contribution >= 4 is 0 Å². The van der Waals surface area contributed by atoms with Gasteiger partial charge in [0, 0.05) is 0 Å². The molecule has 0 saturated heterocycles. The van der Waals surface area contributed by atoms with Gasteiger partial charge in [-0.25, -0.2) is 0 Å². The maximum absolute atomic E-state index is 4.11. The van der Waals surface area contributed by atoms with Crippen LogP contribution in [0.5, 0.6) is 0 Å². The van der Waals surface area contributed by atoms with Crippen molar-refractivity contribution in [3.8, 4) is 0 Å². The van der Waals surface area contributed by atoms with Gasteiger partial charge in [-0.15, -0.1) is 0 Å². The van der Waals surface area contributed by atoms with E-state index in [1.165, 1.54) is 44.9 Å². The van der Waals surface area contributed by atoms with Gasteiger partial charge in [0.1, 0.15) is 0 Å². The summed E-state index contributed by atoms with van der Waals surface area (Å²) in [5, 5.41) is 0. The van der Waals surface area contributed by atoms with Gasteiger partial charge in [0.2, 0.25) is 0 Å². The SMILES string of the molecule is [CH2]C(CC)CCCCCC(C)CC. The molecule has 0 heteroatoms. The number of rotatable bonds is 8. The van der Waals surface area contributed by atoms with Crippen molar-refractivity contribution in [2.45, 2.75) is 65.7 Å². The van der Waals surface area contributed by atoms with E-state index in [-0.39, 0.29) is 0 Å². The second-order valence-electron chi connectivity index (χ2n) is 4.43. The maximum atomic E-state index is 4.11. The van der Waals surface area contributed by atoms with E-state index in [1.54, 1.807) is 0 Å². The summed E-state index contributed by atoms with van der Waals surface area (Å²) in [5.74, 6) is 1.63. The van der Waals surface area contributed by atoms with Crippen molar-refractivity contribution in [2.75, 3.05) is 0 Å². The van der Waals surface area contributed by atoms with Gasteiger partial charge in [0.25, 0.3) is 0 Å². The predicted molar refractivity (Wildman–Crippen MR) is 61.7 cm³/mol. The number of unbranched alkanes of at least 4 members (excludes halogenated alkanes) is 2. The minimum atomic E-state index is 0.698. The molecule has 79 valence electrons. The monoisotopic (exact) mass is 183 g/mol. The lowest BCUT2D eigenvalue weighted by molar-refractivity contribution is 0.456. The molecular formula is C13H27. The fourth-order valence-electron chi connectivity index (χ4n) is 1.51. The first-order chi connectivity index (χ1) is 6.20. The molecule has 0 N–H and O–H groups in total. The average molecular weight is 183 g/mol. The van der Waals surface area contributed by atoms with Gasteiger partial charge < -0.3 is 0 Å². The van der Waals surface area contributed by atoms with Crippen molar-refractivity contribution in [3.63, 3.8) is 0 Å². The predicted octanol–water partition coefficient (Wildman–Crippen LogP) is 4.84. The molecule has 0 saturated carbocycles. The third kappa shape index (κ3) is 8.33. The zero-order valence-electron chi connectivity index (χ0n) is 9.81. The van der Waals surface area contributed by atoms with E-state index in [0.717, 1.165) is 5.92 Å². The Labute approximate surface area is 85.1 Å². The lowest BCUT2D eigenvalue weighted by Crippen LogP contribution is -1.94. The van der Waals surface area contributed by atoms with Crippen LogP contribution in [0.25, 0.3) is 0 Å². The first-order valence-corrected chi connectivity index (χ1v) is 6.03. The molecule has 0 amide bonds. The minimum Gasteiger partial charge on any atom is -0.0651 e. The molecular weight excluding hydrogens is 156 g/mol. The van der Waals surface area contributed by atoms with Crippen molar-refractivity contribution in [2.24, 2.45) is 11.8 Å². The topological polar surface area (TPSA) is 0 Å². The van der Waals surface area contributed by atoms with Gasteiger partial charge in [0.15, 0.2) is 0 Å². The summed E-state index contributed by atoms with van der Waals surface area (Å²) in [6.07, 6.45) is 9.56. The molecule has 0 nitrogen and oxygen atoms in total. The van der Waals surface area contributed by atoms with Gasteiger partial charge in [-0.1, -0.05) is 72.6 Å². The Morgan fingerprint density at radius 3 is 2.08 bits per heavy atom. The van der Waals surface area contributed by atoms with Crippen molar-refractivity contribution in [1.29, 1.82) is 0 Å². The summed E-state index contributed by atoms with van der Waals surface area (Å²) >= 11 is 0. The lowest BCUT2D eigenvalue weighted by atomic mass is 9.97. The summed E-state index contributed by atoms with van der Waals surface area (Å²) < 4.78 is 0. The van der Waals surface area contributed by atoms with E-state index in [1.807, 2.05) is 0 Å². The van der Waals surface area contributed by atoms with Gasteiger partial charge in [0.05, 0.1) is 0 Å². The van der Waals surface area contributed by atoms with Crippen LogP contribution in [0.3, 0.4) is 0 Å². The fourth-order valence-corrected chi connectivity index (χ4v) is 1.51. The molecule has 0 heterocycles. The Morgan fingerprint density at radius 1 is 0.923 bits per heavy atom. The van der Waals surface area contributed by atoms with Crippen LogP contribution in [0.2, 0.25) is 0 Å². The summed E-state index contributed by atoms with van der Waals surface area (Å²) in [6, 6.07) is 0. The van der Waals surface area contributed by atoms with Crippen LogP contribution >= 0.6 is 0 Å². The van der Waals surface area contributed by atoms with Crippen molar-refractivity contribution in [1.82, 2.24) is 0 Å². The van der Waals surface area contributed by atoms with E-state index in [0.29, 0.717) is 5.92 Å². The molecule has 0 aliphatic heterocycles. The molecule has 0 aliphatic carbocycles. The minimum absolute atomic E-state index is 0.698. The fraction of sp³-hybridized carbons (Fsp3) is 0.923. The van der Waals surface area contributed by atoms with Gasteiger partial charge in [-0.3, -0.25) is 0 Å². The van der Waals surface area contributed by atoms with E-state index in [2.05, 4.69) is 27.7 Å². The van der Waals surface area contributed by atoms with Crippen molar-refractivity contribution in [3.05, 3.63) is 6.92 Å². The van der Waals surface area contributed by atoms with Crippen LogP contribution in [0, 0.1) is 18.8 Å². The average Bonchev–Trinajstić information content (AvgIpc) is 2.16. The molecule has 2 atom stereocenters. The Kier molecular flexibility index (Phi) is 8.59. The third-order valence-electron chi connectivity index (χ3n) is 3.08. The highest BCUT2D eigenvalue weighted by atomic mass is 14.1. The van der Waals surface area contributed by atoms with Crippen LogP contribution in [0.15, 0.2) is 0 Å². The van der Waals surface area contributed by atoms with E-state index in [4.69, 9.17) is 0 Å². The lowest BCUT2D eigenvalue weighted by Gasteiger charge is -2.09. The Hall–Kier alpha value is 0. The molecule has 1 radical (unpaired) electrons. The maximum Gasteiger partial charge on any atom is -0.0417 e. The molecule has 0 aromatic rings. The number of hydrogen-bond acceptors (Lipinski definition) is 0. The highest BCUT2D eigenvalue weighted by Gasteiger charge is 2.00. The van der Waals surface area contributed by atoms with Crippen LogP contribution in [-0.2, 0) is 0 Å². The van der Waals surface area contributed by atoms with Gasteiger partial charge >= 0.3 is 0 Å². The van der Waals surface area contributed by atoms with Crippen molar-refractivity contribution < 1.29 is 0 Å². The second-order valence-corrected chi connectivity index (χ2v) is 4.43. The molecule has 2 unspecified atom stereocenters. The normalized spacial score (nSPS) is 15.7. The highest BCUT2D eigenvalue weighted by Crippen LogP contribution is 2.16. The molecule has 13 heavy (non-hydrogen) atoms. The molecule has 0 aromatic heterocycles. The Balaban J connectivity index is 3.08. The molecule has 0 fully saturated rings. The zero-order chi connectivity index (χ0) is 10.1.